The molecular weight excluding hydrogens is 206 g/mol. The smallest absolute Gasteiger partial charge is 0.293 e. The Morgan fingerprint density at radius 3 is 2.94 bits per heavy atom. The third-order valence-electron chi connectivity index (χ3n) is 3.16. The molecule has 2 heterocycles. The van der Waals surface area contributed by atoms with Crippen LogP contribution < -0.4 is 5.56 Å². The first kappa shape index (κ1) is 11.1. The second-order valence-electron chi connectivity index (χ2n) is 4.24. The summed E-state index contributed by atoms with van der Waals surface area (Å²) in [6, 6.07) is 0.179. The molecule has 2 N–H and O–H groups in total. The van der Waals surface area contributed by atoms with Gasteiger partial charge >= 0.3 is 0 Å². The van der Waals surface area contributed by atoms with Crippen molar-refractivity contribution in [2.75, 3.05) is 13.6 Å². The molecule has 1 atom stereocenters. The predicted octanol–water partition coefficient (Wildman–Crippen LogP) is 0.805. The molecule has 0 radical (unpaired) electrons. The van der Waals surface area contributed by atoms with Gasteiger partial charge in [0.25, 0.3) is 5.56 Å². The lowest BCUT2D eigenvalue weighted by Gasteiger charge is -2.18. The monoisotopic (exact) mass is 223 g/mol. The first-order valence-corrected chi connectivity index (χ1v) is 5.65. The van der Waals surface area contributed by atoms with Gasteiger partial charge in [-0.2, -0.15) is 0 Å². The third kappa shape index (κ3) is 1.82. The van der Waals surface area contributed by atoms with E-state index in [2.05, 4.69) is 14.9 Å². The maximum atomic E-state index is 11.5. The van der Waals surface area contributed by atoms with E-state index in [4.69, 9.17) is 0 Å². The van der Waals surface area contributed by atoms with Crippen molar-refractivity contribution in [1.82, 2.24) is 14.9 Å². The van der Waals surface area contributed by atoms with E-state index in [-0.39, 0.29) is 11.8 Å². The molecule has 88 valence electrons. The van der Waals surface area contributed by atoms with Crippen molar-refractivity contribution < 1.29 is 5.11 Å². The number of rotatable bonds is 2. The molecule has 1 aromatic heterocycles. The van der Waals surface area contributed by atoms with Gasteiger partial charge in [0.2, 0.25) is 5.75 Å². The van der Waals surface area contributed by atoms with Crippen molar-refractivity contribution in [3.63, 3.8) is 0 Å². The van der Waals surface area contributed by atoms with E-state index in [1.807, 2.05) is 14.0 Å². The predicted molar refractivity (Wildman–Crippen MR) is 60.5 cm³/mol. The molecular formula is C11H17N3O2. The van der Waals surface area contributed by atoms with Gasteiger partial charge in [-0.3, -0.25) is 9.69 Å². The van der Waals surface area contributed by atoms with Gasteiger partial charge in [-0.05, 0) is 32.9 Å². The molecule has 0 aliphatic carbocycles. The second kappa shape index (κ2) is 4.25. The van der Waals surface area contributed by atoms with Crippen LogP contribution in [0, 0.1) is 0 Å². The van der Waals surface area contributed by atoms with E-state index in [0.717, 1.165) is 19.4 Å². The molecule has 1 unspecified atom stereocenters. The number of aromatic hydroxyl groups is 1. The van der Waals surface area contributed by atoms with Crippen LogP contribution in [0.3, 0.4) is 0 Å². The standard InChI is InChI=1S/C11H17N3O2/c1-3-7-9(15)11(16)13-10(12-7)8-5-4-6-14(8)2/h8,15H,3-6H2,1-2H3,(H,12,13,16). The maximum absolute atomic E-state index is 11.5. The van der Waals surface area contributed by atoms with Crippen LogP contribution in [0.2, 0.25) is 0 Å². The molecule has 0 amide bonds. The normalized spacial score (nSPS) is 21.5. The number of aromatic amines is 1. The fraction of sp³-hybridized carbons (Fsp3) is 0.636. The van der Waals surface area contributed by atoms with Gasteiger partial charge in [0.1, 0.15) is 5.82 Å². The van der Waals surface area contributed by atoms with Gasteiger partial charge in [-0.1, -0.05) is 6.92 Å². The van der Waals surface area contributed by atoms with Crippen molar-refractivity contribution in [1.29, 1.82) is 0 Å². The lowest BCUT2D eigenvalue weighted by Crippen LogP contribution is -2.23. The van der Waals surface area contributed by atoms with Crippen LogP contribution in [0.15, 0.2) is 4.79 Å². The number of aryl methyl sites for hydroxylation is 1. The van der Waals surface area contributed by atoms with Crippen LogP contribution in [0.1, 0.15) is 37.3 Å². The molecule has 1 fully saturated rings. The van der Waals surface area contributed by atoms with Gasteiger partial charge in [0.15, 0.2) is 0 Å². The summed E-state index contributed by atoms with van der Waals surface area (Å²) in [6.07, 6.45) is 2.69. The largest absolute Gasteiger partial charge is 0.502 e. The summed E-state index contributed by atoms with van der Waals surface area (Å²) >= 11 is 0. The van der Waals surface area contributed by atoms with E-state index in [1.165, 1.54) is 0 Å². The summed E-state index contributed by atoms with van der Waals surface area (Å²) in [5, 5.41) is 9.51. The summed E-state index contributed by atoms with van der Waals surface area (Å²) in [5.74, 6) is 0.437. The van der Waals surface area contributed by atoms with Crippen molar-refractivity contribution in [3.8, 4) is 5.75 Å². The lowest BCUT2D eigenvalue weighted by molar-refractivity contribution is 0.303. The maximum Gasteiger partial charge on any atom is 0.293 e. The summed E-state index contributed by atoms with van der Waals surface area (Å²) in [6.45, 7) is 2.90. The van der Waals surface area contributed by atoms with Crippen molar-refractivity contribution in [3.05, 3.63) is 21.9 Å². The quantitative estimate of drug-likeness (QED) is 0.778. The van der Waals surface area contributed by atoms with Crippen LogP contribution in [0.4, 0.5) is 0 Å². The number of hydrogen-bond acceptors (Lipinski definition) is 4. The minimum atomic E-state index is -0.429. The molecule has 5 nitrogen and oxygen atoms in total. The van der Waals surface area contributed by atoms with Gasteiger partial charge in [-0.25, -0.2) is 4.98 Å². The fourth-order valence-corrected chi connectivity index (χ4v) is 2.19. The van der Waals surface area contributed by atoms with E-state index in [1.54, 1.807) is 0 Å². The van der Waals surface area contributed by atoms with Gasteiger partial charge in [-0.15, -0.1) is 0 Å². The number of nitrogens with one attached hydrogen (secondary N) is 1. The average molecular weight is 223 g/mol. The van der Waals surface area contributed by atoms with Gasteiger partial charge in [0, 0.05) is 0 Å². The lowest BCUT2D eigenvalue weighted by atomic mass is 10.2. The number of hydrogen-bond donors (Lipinski definition) is 2. The van der Waals surface area contributed by atoms with Crippen molar-refractivity contribution in [2.24, 2.45) is 0 Å². The summed E-state index contributed by atoms with van der Waals surface area (Å²) in [4.78, 5) is 20.7. The molecule has 0 aromatic carbocycles. The van der Waals surface area contributed by atoms with Gasteiger partial charge < -0.3 is 10.1 Å². The molecule has 16 heavy (non-hydrogen) atoms. The first-order chi connectivity index (χ1) is 7.63. The fourth-order valence-electron chi connectivity index (χ4n) is 2.19. The molecule has 1 aliphatic rings. The summed E-state index contributed by atoms with van der Waals surface area (Å²) in [7, 11) is 2.02. The highest BCUT2D eigenvalue weighted by molar-refractivity contribution is 5.23. The highest BCUT2D eigenvalue weighted by atomic mass is 16.3. The number of likely N-dealkylation sites (tertiary alicyclic amines) is 1. The van der Waals surface area contributed by atoms with E-state index >= 15 is 0 Å². The van der Waals surface area contributed by atoms with Crippen LogP contribution >= 0.6 is 0 Å². The minimum Gasteiger partial charge on any atom is -0.502 e. The minimum absolute atomic E-state index is 0.179. The zero-order valence-corrected chi connectivity index (χ0v) is 9.66. The Bertz CT molecular complexity index is 441. The first-order valence-electron chi connectivity index (χ1n) is 5.65. The average Bonchev–Trinajstić information content (AvgIpc) is 2.68. The molecule has 0 bridgehead atoms. The molecule has 1 saturated heterocycles. The number of H-pyrrole nitrogens is 1. The van der Waals surface area contributed by atoms with Crippen LogP contribution in [-0.2, 0) is 6.42 Å². The zero-order chi connectivity index (χ0) is 11.7. The number of nitrogens with zero attached hydrogens (tertiary/aromatic N) is 2. The van der Waals surface area contributed by atoms with E-state index in [9.17, 15) is 9.90 Å². The molecule has 2 rings (SSSR count). The highest BCUT2D eigenvalue weighted by Gasteiger charge is 2.25. The Hall–Kier alpha value is -1.36. The Morgan fingerprint density at radius 1 is 1.62 bits per heavy atom. The molecule has 1 aromatic rings. The Kier molecular flexibility index (Phi) is 2.96. The van der Waals surface area contributed by atoms with Crippen LogP contribution in [-0.4, -0.2) is 33.6 Å². The van der Waals surface area contributed by atoms with Crippen molar-refractivity contribution >= 4 is 0 Å². The van der Waals surface area contributed by atoms with E-state index in [0.29, 0.717) is 17.9 Å². The molecule has 1 aliphatic heterocycles. The Balaban J connectivity index is 2.42. The molecule has 0 saturated carbocycles. The SMILES string of the molecule is CCc1nc(C2CCCN2C)[nH]c(=O)c1O. The van der Waals surface area contributed by atoms with Crippen LogP contribution in [0.5, 0.6) is 5.75 Å². The summed E-state index contributed by atoms with van der Waals surface area (Å²) in [5.41, 5.74) is 0.0567. The Morgan fingerprint density at radius 2 is 2.38 bits per heavy atom. The van der Waals surface area contributed by atoms with Crippen LogP contribution in [0.25, 0.3) is 0 Å². The summed E-state index contributed by atoms with van der Waals surface area (Å²) < 4.78 is 0. The molecule has 5 heteroatoms. The third-order valence-corrected chi connectivity index (χ3v) is 3.16. The van der Waals surface area contributed by atoms with Gasteiger partial charge in [0.05, 0.1) is 11.7 Å². The second-order valence-corrected chi connectivity index (χ2v) is 4.24. The molecule has 0 spiro atoms. The number of aromatic nitrogens is 2. The van der Waals surface area contributed by atoms with Crippen molar-refractivity contribution in [2.45, 2.75) is 32.2 Å². The Labute approximate surface area is 94.1 Å². The zero-order valence-electron chi connectivity index (χ0n) is 9.66. The topological polar surface area (TPSA) is 69.2 Å². The highest BCUT2D eigenvalue weighted by Crippen LogP contribution is 2.28. The van der Waals surface area contributed by atoms with E-state index < -0.39 is 5.56 Å².